The molecule has 0 aliphatic carbocycles. The molecule has 1 aliphatic heterocycles. The fraction of sp³-hybridized carbons (Fsp3) is 0.300. The van der Waals surface area contributed by atoms with Crippen molar-refractivity contribution in [2.75, 3.05) is 20.2 Å². The predicted molar refractivity (Wildman–Crippen MR) is 103 cm³/mol. The molecule has 0 radical (unpaired) electrons. The van der Waals surface area contributed by atoms with Crippen LogP contribution in [-0.4, -0.2) is 46.4 Å². The van der Waals surface area contributed by atoms with Gasteiger partial charge in [0.2, 0.25) is 0 Å². The van der Waals surface area contributed by atoms with Crippen molar-refractivity contribution in [1.29, 1.82) is 0 Å². The summed E-state index contributed by atoms with van der Waals surface area (Å²) in [6.07, 6.45) is 1.60. The molecule has 0 N–H and O–H groups in total. The van der Waals surface area contributed by atoms with Crippen LogP contribution in [0.1, 0.15) is 33.7 Å². The number of fused-ring (bicyclic) bond motifs is 1. The van der Waals surface area contributed by atoms with Gasteiger partial charge in [0.15, 0.2) is 11.5 Å². The van der Waals surface area contributed by atoms with Crippen molar-refractivity contribution in [3.63, 3.8) is 0 Å². The van der Waals surface area contributed by atoms with Gasteiger partial charge in [0.25, 0.3) is 5.91 Å². The van der Waals surface area contributed by atoms with E-state index in [0.717, 1.165) is 40.9 Å². The van der Waals surface area contributed by atoms with Gasteiger partial charge >= 0.3 is 0 Å². The van der Waals surface area contributed by atoms with Gasteiger partial charge in [-0.15, -0.1) is 5.10 Å². The van der Waals surface area contributed by atoms with Crippen LogP contribution < -0.4 is 4.74 Å². The fourth-order valence-electron chi connectivity index (χ4n) is 3.54. The molecule has 3 aromatic rings. The Morgan fingerprint density at radius 3 is 2.78 bits per heavy atom. The minimum atomic E-state index is -0.190. The van der Waals surface area contributed by atoms with Crippen molar-refractivity contribution >= 4 is 34.0 Å². The highest BCUT2D eigenvalue weighted by molar-refractivity contribution is 7.03. The summed E-state index contributed by atoms with van der Waals surface area (Å²) in [6.45, 7) is 1.08. The molecule has 0 saturated carbocycles. The summed E-state index contributed by atoms with van der Waals surface area (Å²) >= 11 is 1.16. The van der Waals surface area contributed by atoms with Gasteiger partial charge in [0, 0.05) is 30.0 Å². The van der Waals surface area contributed by atoms with E-state index >= 15 is 0 Å². The van der Waals surface area contributed by atoms with Crippen LogP contribution in [0.2, 0.25) is 0 Å². The number of benzene rings is 2. The summed E-state index contributed by atoms with van der Waals surface area (Å²) in [4.78, 5) is 27.3. The van der Waals surface area contributed by atoms with Crippen molar-refractivity contribution in [2.45, 2.75) is 12.8 Å². The van der Waals surface area contributed by atoms with Crippen LogP contribution in [0, 0.1) is 5.92 Å². The Hall–Kier alpha value is -2.80. The molecule has 6 nitrogen and oxygen atoms in total. The second-order valence-corrected chi connectivity index (χ2v) is 7.28. The van der Waals surface area contributed by atoms with Gasteiger partial charge in [-0.25, -0.2) is 0 Å². The number of piperidine rings is 1. The van der Waals surface area contributed by atoms with Crippen LogP contribution in [0.4, 0.5) is 0 Å². The maximum atomic E-state index is 13.0. The third-order valence-electron chi connectivity index (χ3n) is 4.99. The van der Waals surface area contributed by atoms with E-state index in [4.69, 9.17) is 4.74 Å². The number of methoxy groups -OCH3 is 1. The van der Waals surface area contributed by atoms with Crippen molar-refractivity contribution in [3.8, 4) is 5.75 Å². The Labute approximate surface area is 160 Å². The van der Waals surface area contributed by atoms with E-state index in [1.54, 1.807) is 17.4 Å². The van der Waals surface area contributed by atoms with E-state index in [0.29, 0.717) is 24.3 Å². The van der Waals surface area contributed by atoms with Gasteiger partial charge in [-0.3, -0.25) is 9.59 Å². The molecule has 0 bridgehead atoms. The van der Waals surface area contributed by atoms with Crippen LogP contribution in [0.25, 0.3) is 10.8 Å². The van der Waals surface area contributed by atoms with Crippen molar-refractivity contribution in [1.82, 2.24) is 14.5 Å². The molecule has 27 heavy (non-hydrogen) atoms. The molecule has 1 fully saturated rings. The number of nitrogens with zero attached hydrogens (tertiary/aromatic N) is 3. The second kappa shape index (κ2) is 7.44. The lowest BCUT2D eigenvalue weighted by atomic mass is 9.89. The molecule has 2 heterocycles. The average molecular weight is 381 g/mol. The Morgan fingerprint density at radius 2 is 2.00 bits per heavy atom. The molecule has 1 aliphatic rings. The number of Topliss-reactive ketones (excluding diaryl/α,β-unsaturated/α-hetero) is 1. The Balaban J connectivity index is 1.53. The van der Waals surface area contributed by atoms with Crippen molar-refractivity contribution in [3.05, 3.63) is 53.0 Å². The molecule has 138 valence electrons. The molecule has 1 atom stereocenters. The highest BCUT2D eigenvalue weighted by Crippen LogP contribution is 2.26. The van der Waals surface area contributed by atoms with Crippen LogP contribution in [0.15, 0.2) is 41.8 Å². The quantitative estimate of drug-likeness (QED) is 0.648. The maximum Gasteiger partial charge on any atom is 0.275 e. The summed E-state index contributed by atoms with van der Waals surface area (Å²) in [5.41, 5.74) is 1.04. The fourth-order valence-corrected chi connectivity index (χ4v) is 3.97. The second-order valence-electron chi connectivity index (χ2n) is 6.67. The number of aromatic nitrogens is 2. The first-order valence-corrected chi connectivity index (χ1v) is 9.68. The number of carbonyl (C=O) groups is 2. The summed E-state index contributed by atoms with van der Waals surface area (Å²) in [7, 11) is 1.64. The van der Waals surface area contributed by atoms with E-state index in [1.807, 2.05) is 36.4 Å². The average Bonchev–Trinajstić information content (AvgIpc) is 3.27. The number of ether oxygens (including phenoxy) is 1. The summed E-state index contributed by atoms with van der Waals surface area (Å²) in [5, 5.41) is 7.52. The van der Waals surface area contributed by atoms with E-state index in [2.05, 4.69) is 9.59 Å². The molecule has 0 spiro atoms. The zero-order chi connectivity index (χ0) is 18.8. The minimum absolute atomic E-state index is 0.0848. The van der Waals surface area contributed by atoms with Crippen molar-refractivity contribution in [2.24, 2.45) is 5.92 Å². The normalized spacial score (nSPS) is 17.1. The highest BCUT2D eigenvalue weighted by atomic mass is 32.1. The standard InChI is InChI=1S/C20H19N3O3S/c1-26-17-7-6-13-9-15(5-4-14(13)10-17)19(24)16-3-2-8-23(11-16)20(25)18-12-27-22-21-18/h4-7,9-10,12,16H,2-3,8,11H2,1H3/t16-/m1/s1. The van der Waals surface area contributed by atoms with E-state index < -0.39 is 0 Å². The molecule has 2 aromatic carbocycles. The number of amides is 1. The first-order valence-electron chi connectivity index (χ1n) is 8.84. The zero-order valence-electron chi connectivity index (χ0n) is 14.9. The van der Waals surface area contributed by atoms with Gasteiger partial charge in [0.05, 0.1) is 7.11 Å². The van der Waals surface area contributed by atoms with Crippen LogP contribution in [0.5, 0.6) is 5.75 Å². The van der Waals surface area contributed by atoms with Gasteiger partial charge in [0.1, 0.15) is 5.75 Å². The molecule has 4 rings (SSSR count). The smallest absolute Gasteiger partial charge is 0.275 e. The van der Waals surface area contributed by atoms with E-state index in [1.165, 1.54) is 0 Å². The molecule has 7 heteroatoms. The lowest BCUT2D eigenvalue weighted by Crippen LogP contribution is -2.42. The Bertz CT molecular complexity index is 987. The third kappa shape index (κ3) is 3.55. The maximum absolute atomic E-state index is 13.0. The largest absolute Gasteiger partial charge is 0.497 e. The van der Waals surface area contributed by atoms with Crippen LogP contribution >= 0.6 is 11.5 Å². The monoisotopic (exact) mass is 381 g/mol. The SMILES string of the molecule is COc1ccc2cc(C(=O)[C@@H]3CCCN(C(=O)c4csnn4)C3)ccc2c1. The lowest BCUT2D eigenvalue weighted by Gasteiger charge is -2.31. The predicted octanol–water partition coefficient (Wildman–Crippen LogP) is 3.44. The van der Waals surface area contributed by atoms with Gasteiger partial charge in [-0.2, -0.15) is 0 Å². The summed E-state index contributed by atoms with van der Waals surface area (Å²) < 4.78 is 9.00. The minimum Gasteiger partial charge on any atom is -0.497 e. The molecule has 1 aromatic heterocycles. The summed E-state index contributed by atoms with van der Waals surface area (Å²) in [6, 6.07) is 11.5. The number of hydrogen-bond donors (Lipinski definition) is 0. The molecule has 0 unspecified atom stereocenters. The van der Waals surface area contributed by atoms with E-state index in [9.17, 15) is 9.59 Å². The first kappa shape index (κ1) is 17.6. The molecule has 1 saturated heterocycles. The third-order valence-corrected chi connectivity index (χ3v) is 5.50. The van der Waals surface area contributed by atoms with E-state index in [-0.39, 0.29) is 17.6 Å². The number of rotatable bonds is 4. The molecular formula is C20H19N3O3S. The molecular weight excluding hydrogens is 362 g/mol. The lowest BCUT2D eigenvalue weighted by molar-refractivity contribution is 0.0632. The highest BCUT2D eigenvalue weighted by Gasteiger charge is 2.30. The number of carbonyl (C=O) groups excluding carboxylic acids is 2. The zero-order valence-corrected chi connectivity index (χ0v) is 15.7. The van der Waals surface area contributed by atoms with Gasteiger partial charge < -0.3 is 9.64 Å². The number of hydrogen-bond acceptors (Lipinski definition) is 6. The topological polar surface area (TPSA) is 72.4 Å². The van der Waals surface area contributed by atoms with Crippen LogP contribution in [0.3, 0.4) is 0 Å². The first-order chi connectivity index (χ1) is 13.2. The number of likely N-dealkylation sites (tertiary alicyclic amines) is 1. The van der Waals surface area contributed by atoms with Crippen molar-refractivity contribution < 1.29 is 14.3 Å². The van der Waals surface area contributed by atoms with Crippen LogP contribution in [-0.2, 0) is 0 Å². The number of ketones is 1. The van der Waals surface area contributed by atoms with Gasteiger partial charge in [-0.1, -0.05) is 22.7 Å². The summed E-state index contributed by atoms with van der Waals surface area (Å²) in [5.74, 6) is 0.540. The van der Waals surface area contributed by atoms with Gasteiger partial charge in [-0.05, 0) is 53.3 Å². The Kier molecular flexibility index (Phi) is 4.85. The Morgan fingerprint density at radius 1 is 1.19 bits per heavy atom. The molecule has 1 amide bonds.